The zero-order chi connectivity index (χ0) is 13.8. The van der Waals surface area contributed by atoms with Crippen LogP contribution in [-0.2, 0) is 6.42 Å². The molecule has 3 heteroatoms. The lowest BCUT2D eigenvalue weighted by Gasteiger charge is -2.16. The first-order chi connectivity index (χ1) is 9.11. The fraction of sp³-hybridized carbons (Fsp3) is 0.375. The van der Waals surface area contributed by atoms with Gasteiger partial charge in [0.25, 0.3) is 0 Å². The van der Waals surface area contributed by atoms with E-state index in [9.17, 15) is 5.11 Å². The lowest BCUT2D eigenvalue weighted by molar-refractivity contribution is 0.164. The van der Waals surface area contributed by atoms with Gasteiger partial charge in [0.2, 0.25) is 0 Å². The van der Waals surface area contributed by atoms with E-state index in [0.717, 1.165) is 34.6 Å². The molecule has 0 bridgehead atoms. The minimum absolute atomic E-state index is 0.477. The molecule has 1 unspecified atom stereocenters. The van der Waals surface area contributed by atoms with Crippen LogP contribution in [0.15, 0.2) is 34.9 Å². The molecule has 0 aliphatic rings. The molecule has 1 aromatic carbocycles. The SMILES string of the molecule is COc1cc(C)c(C(O)CCc2ccco2)cc1C. The number of furan rings is 1. The second-order valence-corrected chi connectivity index (χ2v) is 4.81. The molecule has 0 spiro atoms. The second-order valence-electron chi connectivity index (χ2n) is 4.81. The van der Waals surface area contributed by atoms with E-state index in [4.69, 9.17) is 9.15 Å². The van der Waals surface area contributed by atoms with Crippen molar-refractivity contribution in [1.82, 2.24) is 0 Å². The zero-order valence-corrected chi connectivity index (χ0v) is 11.6. The van der Waals surface area contributed by atoms with Crippen LogP contribution in [-0.4, -0.2) is 12.2 Å². The Kier molecular flexibility index (Phi) is 4.27. The lowest BCUT2D eigenvalue weighted by atomic mass is 9.97. The van der Waals surface area contributed by atoms with Crippen LogP contribution in [0.3, 0.4) is 0 Å². The summed E-state index contributed by atoms with van der Waals surface area (Å²) in [5, 5.41) is 10.3. The molecule has 0 aliphatic carbocycles. The molecule has 0 radical (unpaired) electrons. The molecule has 2 aromatic rings. The van der Waals surface area contributed by atoms with E-state index in [1.54, 1.807) is 13.4 Å². The third-order valence-electron chi connectivity index (χ3n) is 3.39. The van der Waals surface area contributed by atoms with Crippen molar-refractivity contribution in [3.8, 4) is 5.75 Å². The molecular formula is C16H20O3. The minimum atomic E-state index is -0.477. The van der Waals surface area contributed by atoms with Crippen LogP contribution in [0.5, 0.6) is 5.75 Å². The van der Waals surface area contributed by atoms with E-state index in [0.29, 0.717) is 6.42 Å². The summed E-state index contributed by atoms with van der Waals surface area (Å²) in [5.41, 5.74) is 3.05. The molecule has 0 amide bonds. The average molecular weight is 260 g/mol. The molecule has 3 nitrogen and oxygen atoms in total. The molecule has 0 saturated carbocycles. The van der Waals surface area contributed by atoms with Crippen molar-refractivity contribution in [1.29, 1.82) is 0 Å². The van der Waals surface area contributed by atoms with E-state index in [-0.39, 0.29) is 0 Å². The second kappa shape index (κ2) is 5.93. The van der Waals surface area contributed by atoms with Crippen LogP contribution < -0.4 is 4.74 Å². The van der Waals surface area contributed by atoms with Crippen LogP contribution in [0.1, 0.15) is 35.0 Å². The van der Waals surface area contributed by atoms with Crippen LogP contribution in [0, 0.1) is 13.8 Å². The highest BCUT2D eigenvalue weighted by molar-refractivity contribution is 5.42. The van der Waals surface area contributed by atoms with E-state index in [2.05, 4.69) is 0 Å². The van der Waals surface area contributed by atoms with Gasteiger partial charge in [0, 0.05) is 6.42 Å². The predicted molar refractivity (Wildman–Crippen MR) is 74.5 cm³/mol. The Hall–Kier alpha value is -1.74. The molecule has 2 rings (SSSR count). The molecule has 0 fully saturated rings. The van der Waals surface area contributed by atoms with Gasteiger partial charge in [-0.2, -0.15) is 0 Å². The Morgan fingerprint density at radius 1 is 1.26 bits per heavy atom. The summed E-state index contributed by atoms with van der Waals surface area (Å²) >= 11 is 0. The van der Waals surface area contributed by atoms with Gasteiger partial charge in [-0.3, -0.25) is 0 Å². The maximum atomic E-state index is 10.3. The minimum Gasteiger partial charge on any atom is -0.496 e. The summed E-state index contributed by atoms with van der Waals surface area (Å²) in [4.78, 5) is 0. The van der Waals surface area contributed by atoms with Crippen LogP contribution in [0.4, 0.5) is 0 Å². The topological polar surface area (TPSA) is 42.6 Å². The first-order valence-corrected chi connectivity index (χ1v) is 6.47. The first-order valence-electron chi connectivity index (χ1n) is 6.47. The van der Waals surface area contributed by atoms with Crippen LogP contribution in [0.2, 0.25) is 0 Å². The van der Waals surface area contributed by atoms with E-state index in [1.807, 2.05) is 38.1 Å². The van der Waals surface area contributed by atoms with Crippen molar-refractivity contribution in [2.75, 3.05) is 7.11 Å². The normalized spacial score (nSPS) is 12.4. The summed E-state index contributed by atoms with van der Waals surface area (Å²) in [7, 11) is 1.66. The number of rotatable bonds is 5. The van der Waals surface area contributed by atoms with Gasteiger partial charge in [0.1, 0.15) is 11.5 Å². The van der Waals surface area contributed by atoms with Gasteiger partial charge >= 0.3 is 0 Å². The Morgan fingerprint density at radius 2 is 2.05 bits per heavy atom. The molecule has 1 heterocycles. The van der Waals surface area contributed by atoms with Gasteiger partial charge in [0.05, 0.1) is 19.5 Å². The number of hydrogen-bond donors (Lipinski definition) is 1. The molecular weight excluding hydrogens is 240 g/mol. The zero-order valence-electron chi connectivity index (χ0n) is 11.6. The summed E-state index contributed by atoms with van der Waals surface area (Å²) in [6.45, 7) is 3.98. The van der Waals surface area contributed by atoms with E-state index >= 15 is 0 Å². The summed E-state index contributed by atoms with van der Waals surface area (Å²) in [5.74, 6) is 1.77. The van der Waals surface area contributed by atoms with Gasteiger partial charge in [-0.1, -0.05) is 0 Å². The standard InChI is InChI=1S/C16H20O3/c1-11-10-16(18-3)12(2)9-14(11)15(17)7-6-13-5-4-8-19-13/h4-5,8-10,15,17H,6-7H2,1-3H3. The van der Waals surface area contributed by atoms with Crippen LogP contribution in [0.25, 0.3) is 0 Å². The van der Waals surface area contributed by atoms with Crippen molar-refractivity contribution >= 4 is 0 Å². The van der Waals surface area contributed by atoms with Crippen molar-refractivity contribution in [3.63, 3.8) is 0 Å². The Balaban J connectivity index is 2.10. The van der Waals surface area contributed by atoms with Crippen LogP contribution >= 0.6 is 0 Å². The largest absolute Gasteiger partial charge is 0.496 e. The Labute approximate surface area is 113 Å². The van der Waals surface area contributed by atoms with Crippen molar-refractivity contribution < 1.29 is 14.3 Å². The summed E-state index contributed by atoms with van der Waals surface area (Å²) < 4.78 is 10.6. The number of methoxy groups -OCH3 is 1. The average Bonchev–Trinajstić information content (AvgIpc) is 2.91. The molecule has 102 valence electrons. The number of aliphatic hydroxyl groups excluding tert-OH is 1. The lowest BCUT2D eigenvalue weighted by Crippen LogP contribution is -2.03. The Morgan fingerprint density at radius 3 is 2.68 bits per heavy atom. The highest BCUT2D eigenvalue weighted by Crippen LogP contribution is 2.28. The number of aliphatic hydroxyl groups is 1. The molecule has 0 aliphatic heterocycles. The van der Waals surface area contributed by atoms with Crippen molar-refractivity contribution in [3.05, 3.63) is 53.0 Å². The maximum absolute atomic E-state index is 10.3. The Bertz CT molecular complexity index is 529. The summed E-state index contributed by atoms with van der Waals surface area (Å²) in [6.07, 6.45) is 2.57. The highest BCUT2D eigenvalue weighted by atomic mass is 16.5. The molecule has 1 aromatic heterocycles. The molecule has 1 N–H and O–H groups in total. The third kappa shape index (κ3) is 3.18. The predicted octanol–water partition coefficient (Wildman–Crippen LogP) is 3.57. The quantitative estimate of drug-likeness (QED) is 0.893. The third-order valence-corrected chi connectivity index (χ3v) is 3.39. The van der Waals surface area contributed by atoms with Gasteiger partial charge in [0.15, 0.2) is 0 Å². The number of aryl methyl sites for hydroxylation is 3. The van der Waals surface area contributed by atoms with Crippen molar-refractivity contribution in [2.45, 2.75) is 32.8 Å². The fourth-order valence-corrected chi connectivity index (χ4v) is 2.28. The van der Waals surface area contributed by atoms with Gasteiger partial charge in [-0.05, 0) is 61.2 Å². The van der Waals surface area contributed by atoms with Crippen molar-refractivity contribution in [2.24, 2.45) is 0 Å². The molecule has 0 saturated heterocycles. The fourth-order valence-electron chi connectivity index (χ4n) is 2.28. The molecule has 1 atom stereocenters. The summed E-state index contributed by atoms with van der Waals surface area (Å²) in [6, 6.07) is 7.77. The smallest absolute Gasteiger partial charge is 0.122 e. The number of hydrogen-bond acceptors (Lipinski definition) is 3. The first kappa shape index (κ1) is 13.7. The van der Waals surface area contributed by atoms with Gasteiger partial charge in [-0.15, -0.1) is 0 Å². The van der Waals surface area contributed by atoms with Gasteiger partial charge in [-0.25, -0.2) is 0 Å². The monoisotopic (exact) mass is 260 g/mol. The van der Waals surface area contributed by atoms with E-state index in [1.165, 1.54) is 0 Å². The molecule has 19 heavy (non-hydrogen) atoms. The maximum Gasteiger partial charge on any atom is 0.122 e. The highest BCUT2D eigenvalue weighted by Gasteiger charge is 2.13. The number of ether oxygens (including phenoxy) is 1. The number of benzene rings is 1. The van der Waals surface area contributed by atoms with Gasteiger partial charge < -0.3 is 14.3 Å². The van der Waals surface area contributed by atoms with E-state index < -0.39 is 6.10 Å².